The van der Waals surface area contributed by atoms with Crippen LogP contribution in [0.5, 0.6) is 0 Å². The van der Waals surface area contributed by atoms with Crippen molar-refractivity contribution < 1.29 is 4.39 Å². The van der Waals surface area contributed by atoms with E-state index in [0.717, 1.165) is 0 Å². The molecule has 1 aromatic carbocycles. The van der Waals surface area contributed by atoms with E-state index in [9.17, 15) is 4.39 Å². The Balaban J connectivity index is 2.60. The normalized spacial score (nSPS) is 10.0. The number of hydrogen-bond donors (Lipinski definition) is 0. The summed E-state index contributed by atoms with van der Waals surface area (Å²) in [6.07, 6.45) is 0. The van der Waals surface area contributed by atoms with Gasteiger partial charge in [0.05, 0.1) is 0 Å². The number of aromatic nitrogens is 2. The van der Waals surface area contributed by atoms with Gasteiger partial charge in [0.1, 0.15) is 17.6 Å². The predicted molar refractivity (Wildman–Crippen MR) is 64.6 cm³/mol. The molecule has 2 aromatic rings. The lowest BCUT2D eigenvalue weighted by Crippen LogP contribution is -1.95. The summed E-state index contributed by atoms with van der Waals surface area (Å²) < 4.78 is 13.9. The van der Waals surface area contributed by atoms with E-state index in [1.54, 1.807) is 19.1 Å². The van der Waals surface area contributed by atoms with Crippen molar-refractivity contribution in [3.05, 3.63) is 45.9 Å². The Bertz CT molecular complexity index is 599. The monoisotopic (exact) mass is 291 g/mol. The van der Waals surface area contributed by atoms with Crippen molar-refractivity contribution in [2.24, 2.45) is 0 Å². The fourth-order valence-corrected chi connectivity index (χ4v) is 1.90. The van der Waals surface area contributed by atoms with Gasteiger partial charge >= 0.3 is 0 Å². The van der Waals surface area contributed by atoms with Gasteiger partial charge in [0.25, 0.3) is 0 Å². The lowest BCUT2D eigenvalue weighted by Gasteiger charge is -2.03. The fraction of sp³-hybridized carbons (Fsp3) is 0.0833. The molecule has 0 spiro atoms. The Morgan fingerprint density at radius 3 is 2.65 bits per heavy atom. The molecular weight excluding hydrogens is 285 g/mol. The van der Waals surface area contributed by atoms with Gasteiger partial charge in [-0.3, -0.25) is 0 Å². The molecule has 0 unspecified atom stereocenters. The van der Waals surface area contributed by atoms with E-state index in [1.807, 2.05) is 6.07 Å². The van der Waals surface area contributed by atoms with Crippen LogP contribution >= 0.6 is 15.9 Å². The van der Waals surface area contributed by atoms with Crippen LogP contribution in [0.4, 0.5) is 4.39 Å². The summed E-state index contributed by atoms with van der Waals surface area (Å²) in [5.74, 6) is -0.0280. The van der Waals surface area contributed by atoms with Crippen molar-refractivity contribution in [2.75, 3.05) is 0 Å². The van der Waals surface area contributed by atoms with Gasteiger partial charge in [0, 0.05) is 15.7 Å². The van der Waals surface area contributed by atoms with Crippen molar-refractivity contribution >= 4 is 15.9 Å². The fourth-order valence-electron chi connectivity index (χ4n) is 1.44. The summed E-state index contributed by atoms with van der Waals surface area (Å²) in [7, 11) is 0. The maximum Gasteiger partial charge on any atom is 0.161 e. The first kappa shape index (κ1) is 11.7. The predicted octanol–water partition coefficient (Wildman–Crippen LogP) is 3.23. The summed E-state index contributed by atoms with van der Waals surface area (Å²) in [4.78, 5) is 8.23. The van der Waals surface area contributed by atoms with E-state index in [0.29, 0.717) is 21.6 Å². The van der Waals surface area contributed by atoms with Gasteiger partial charge in [0.2, 0.25) is 0 Å². The molecule has 0 aliphatic heterocycles. The Labute approximate surface area is 106 Å². The first-order valence-electron chi connectivity index (χ1n) is 4.81. The Morgan fingerprint density at radius 2 is 2.00 bits per heavy atom. The average molecular weight is 292 g/mol. The number of benzene rings is 1. The van der Waals surface area contributed by atoms with Crippen molar-refractivity contribution in [2.45, 2.75) is 6.92 Å². The molecule has 0 aliphatic rings. The molecule has 0 saturated heterocycles. The summed E-state index contributed by atoms with van der Waals surface area (Å²) >= 11 is 3.20. The van der Waals surface area contributed by atoms with Crippen LogP contribution in [-0.4, -0.2) is 9.97 Å². The highest BCUT2D eigenvalue weighted by Gasteiger charge is 2.07. The van der Waals surface area contributed by atoms with Crippen molar-refractivity contribution in [1.82, 2.24) is 9.97 Å². The third kappa shape index (κ3) is 2.66. The van der Waals surface area contributed by atoms with Crippen LogP contribution in [0.15, 0.2) is 28.7 Å². The molecule has 0 saturated carbocycles. The minimum atomic E-state index is -0.377. The van der Waals surface area contributed by atoms with Crippen LogP contribution in [-0.2, 0) is 0 Å². The number of halogens is 2. The second-order valence-corrected chi connectivity index (χ2v) is 4.40. The van der Waals surface area contributed by atoms with E-state index in [-0.39, 0.29) is 11.5 Å². The molecule has 3 nitrogen and oxygen atoms in total. The van der Waals surface area contributed by atoms with Gasteiger partial charge in [0.15, 0.2) is 5.82 Å². The number of nitriles is 1. The van der Waals surface area contributed by atoms with Gasteiger partial charge in [-0.05, 0) is 31.2 Å². The highest BCUT2D eigenvalue weighted by molar-refractivity contribution is 9.10. The van der Waals surface area contributed by atoms with Crippen molar-refractivity contribution in [3.8, 4) is 17.5 Å². The molecule has 0 N–H and O–H groups in total. The Hall–Kier alpha value is -1.80. The van der Waals surface area contributed by atoms with Gasteiger partial charge in [-0.15, -0.1) is 0 Å². The zero-order valence-electron chi connectivity index (χ0n) is 8.91. The SMILES string of the molecule is Cc1cc(C#N)nc(-c2cc(F)cc(Br)c2)n1. The molecule has 0 bridgehead atoms. The molecule has 0 radical (unpaired) electrons. The second-order valence-electron chi connectivity index (χ2n) is 3.49. The zero-order valence-corrected chi connectivity index (χ0v) is 10.5. The van der Waals surface area contributed by atoms with Crippen LogP contribution in [0.1, 0.15) is 11.4 Å². The highest BCUT2D eigenvalue weighted by Crippen LogP contribution is 2.22. The highest BCUT2D eigenvalue weighted by atomic mass is 79.9. The van der Waals surface area contributed by atoms with Gasteiger partial charge < -0.3 is 0 Å². The molecule has 0 amide bonds. The van der Waals surface area contributed by atoms with E-state index in [2.05, 4.69) is 25.9 Å². The third-order valence-corrected chi connectivity index (χ3v) is 2.55. The maximum absolute atomic E-state index is 13.2. The van der Waals surface area contributed by atoms with Crippen LogP contribution in [0.2, 0.25) is 0 Å². The number of aryl methyl sites for hydroxylation is 1. The smallest absolute Gasteiger partial charge is 0.161 e. The van der Waals surface area contributed by atoms with Crippen LogP contribution in [0.3, 0.4) is 0 Å². The standard InChI is InChI=1S/C12H7BrFN3/c1-7-2-11(6-15)17-12(16-7)8-3-9(13)5-10(14)4-8/h2-5H,1H3. The van der Waals surface area contributed by atoms with Crippen LogP contribution in [0, 0.1) is 24.1 Å². The topological polar surface area (TPSA) is 49.6 Å². The minimum Gasteiger partial charge on any atom is -0.233 e. The molecule has 0 fully saturated rings. The van der Waals surface area contributed by atoms with E-state index in [4.69, 9.17) is 5.26 Å². The first-order chi connectivity index (χ1) is 8.08. The molecule has 1 aromatic heterocycles. The Kier molecular flexibility index (Phi) is 3.16. The molecule has 2 rings (SSSR count). The first-order valence-corrected chi connectivity index (χ1v) is 5.60. The van der Waals surface area contributed by atoms with Gasteiger partial charge in [-0.2, -0.15) is 5.26 Å². The largest absolute Gasteiger partial charge is 0.233 e. The maximum atomic E-state index is 13.2. The third-order valence-electron chi connectivity index (χ3n) is 2.09. The average Bonchev–Trinajstić information content (AvgIpc) is 2.26. The summed E-state index contributed by atoms with van der Waals surface area (Å²) in [5.41, 5.74) is 1.48. The molecular formula is C12H7BrFN3. The minimum absolute atomic E-state index is 0.271. The summed E-state index contributed by atoms with van der Waals surface area (Å²) in [6, 6.07) is 7.92. The molecule has 5 heteroatoms. The Morgan fingerprint density at radius 1 is 1.24 bits per heavy atom. The van der Waals surface area contributed by atoms with E-state index in [1.165, 1.54) is 12.1 Å². The quantitative estimate of drug-likeness (QED) is 0.810. The summed E-state index contributed by atoms with van der Waals surface area (Å²) in [6.45, 7) is 1.76. The summed E-state index contributed by atoms with van der Waals surface area (Å²) in [5, 5.41) is 8.82. The second kappa shape index (κ2) is 4.60. The number of hydrogen-bond acceptors (Lipinski definition) is 3. The van der Waals surface area contributed by atoms with E-state index >= 15 is 0 Å². The lowest BCUT2D eigenvalue weighted by atomic mass is 10.2. The van der Waals surface area contributed by atoms with Crippen LogP contribution < -0.4 is 0 Å². The molecule has 1 heterocycles. The molecule has 0 aliphatic carbocycles. The number of nitrogens with zero attached hydrogens (tertiary/aromatic N) is 3. The van der Waals surface area contributed by atoms with Gasteiger partial charge in [-0.25, -0.2) is 14.4 Å². The number of rotatable bonds is 1. The zero-order chi connectivity index (χ0) is 12.4. The molecule has 17 heavy (non-hydrogen) atoms. The van der Waals surface area contributed by atoms with Gasteiger partial charge in [-0.1, -0.05) is 15.9 Å². The molecule has 84 valence electrons. The molecule has 0 atom stereocenters. The van der Waals surface area contributed by atoms with Crippen molar-refractivity contribution in [1.29, 1.82) is 5.26 Å². The van der Waals surface area contributed by atoms with Crippen LogP contribution in [0.25, 0.3) is 11.4 Å². The van der Waals surface area contributed by atoms with E-state index < -0.39 is 0 Å². The lowest BCUT2D eigenvalue weighted by molar-refractivity contribution is 0.627. The van der Waals surface area contributed by atoms with Crippen molar-refractivity contribution in [3.63, 3.8) is 0 Å².